The summed E-state index contributed by atoms with van der Waals surface area (Å²) in [5.74, 6) is -1.01. The minimum atomic E-state index is -1.01. The van der Waals surface area contributed by atoms with E-state index in [0.29, 0.717) is 10.4 Å². The van der Waals surface area contributed by atoms with Crippen LogP contribution in [-0.4, -0.2) is 11.1 Å². The number of hydrogen-bond donors (Lipinski definition) is 1. The molecule has 0 amide bonds. The number of benzene rings is 6. The first kappa shape index (κ1) is 23.7. The Labute approximate surface area is 226 Å². The zero-order valence-corrected chi connectivity index (χ0v) is 21.2. The Morgan fingerprint density at radius 2 is 0.868 bits per heavy atom. The summed E-state index contributed by atoms with van der Waals surface area (Å²) in [5.41, 5.74) is 8.02. The van der Waals surface area contributed by atoms with Crippen LogP contribution in [0.1, 0.15) is 10.4 Å². The molecule has 6 aromatic carbocycles. The fourth-order valence-corrected chi connectivity index (χ4v) is 5.56. The quantitative estimate of drug-likeness (QED) is 0.250. The molecule has 0 aliphatic carbocycles. The molecule has 1 N–H and O–H groups in total. The molecule has 182 valence electrons. The van der Waals surface area contributed by atoms with Gasteiger partial charge in [-0.25, -0.2) is 4.79 Å². The maximum absolute atomic E-state index is 12.7. The molecule has 2 nitrogen and oxygen atoms in total. The first-order valence-corrected chi connectivity index (χ1v) is 12.8. The summed E-state index contributed by atoms with van der Waals surface area (Å²) in [4.78, 5) is 12.7. The van der Waals surface area contributed by atoms with Crippen molar-refractivity contribution in [3.63, 3.8) is 0 Å². The number of carboxylic acid groups (broad SMARTS) is 1. The molecule has 38 heavy (non-hydrogen) atoms. The van der Waals surface area contributed by atoms with Gasteiger partial charge in [-0.2, -0.15) is 0 Å². The summed E-state index contributed by atoms with van der Waals surface area (Å²) >= 11 is 6.62. The average Bonchev–Trinajstić information content (AvgIpc) is 2.97. The minimum Gasteiger partial charge on any atom is -0.478 e. The van der Waals surface area contributed by atoms with Crippen LogP contribution in [0.4, 0.5) is 0 Å². The number of aromatic carboxylic acids is 1. The van der Waals surface area contributed by atoms with Crippen LogP contribution in [0.5, 0.6) is 0 Å². The van der Waals surface area contributed by atoms with Crippen LogP contribution in [-0.2, 0) is 0 Å². The van der Waals surface area contributed by atoms with E-state index in [4.69, 9.17) is 11.6 Å². The van der Waals surface area contributed by atoms with Gasteiger partial charge < -0.3 is 5.11 Å². The molecule has 0 aliphatic heterocycles. The van der Waals surface area contributed by atoms with Crippen molar-refractivity contribution in [2.75, 3.05) is 0 Å². The van der Waals surface area contributed by atoms with E-state index in [1.54, 1.807) is 6.07 Å². The third-order valence-electron chi connectivity index (χ3n) is 6.85. The Hall–Kier alpha value is -4.66. The second kappa shape index (κ2) is 10.0. The standard InChI is InChI=1S/C35H23ClO2/c36-27-21-28-30(23-13-5-1-6-14-23)31(24-15-7-2-8-16-24)32(25-17-9-3-10-18-25)33(26-19-11-4-12-20-26)34(28)29(22-27)35(37)38/h1-22H,(H,37,38). The molecule has 0 heterocycles. The van der Waals surface area contributed by atoms with E-state index in [-0.39, 0.29) is 5.56 Å². The monoisotopic (exact) mass is 510 g/mol. The van der Waals surface area contributed by atoms with Crippen molar-refractivity contribution in [2.45, 2.75) is 0 Å². The van der Waals surface area contributed by atoms with E-state index >= 15 is 0 Å². The van der Waals surface area contributed by atoms with Gasteiger partial charge in [-0.1, -0.05) is 133 Å². The molecule has 0 aromatic heterocycles. The van der Waals surface area contributed by atoms with Gasteiger partial charge in [0.25, 0.3) is 0 Å². The highest BCUT2D eigenvalue weighted by Crippen LogP contribution is 2.52. The molecule has 0 saturated carbocycles. The third kappa shape index (κ3) is 4.15. The highest BCUT2D eigenvalue weighted by Gasteiger charge is 2.27. The number of rotatable bonds is 5. The van der Waals surface area contributed by atoms with Gasteiger partial charge in [0, 0.05) is 10.4 Å². The van der Waals surface area contributed by atoms with E-state index in [9.17, 15) is 9.90 Å². The predicted molar refractivity (Wildman–Crippen MR) is 158 cm³/mol. The third-order valence-corrected chi connectivity index (χ3v) is 7.07. The van der Waals surface area contributed by atoms with Crippen LogP contribution >= 0.6 is 11.6 Å². The Morgan fingerprint density at radius 3 is 1.29 bits per heavy atom. The van der Waals surface area contributed by atoms with Crippen molar-refractivity contribution in [2.24, 2.45) is 0 Å². The van der Waals surface area contributed by atoms with Crippen molar-refractivity contribution in [3.8, 4) is 44.5 Å². The number of carboxylic acids is 1. The number of carbonyl (C=O) groups is 1. The second-order valence-corrected chi connectivity index (χ2v) is 9.58. The van der Waals surface area contributed by atoms with Crippen LogP contribution in [0, 0.1) is 0 Å². The Morgan fingerprint density at radius 1 is 0.500 bits per heavy atom. The summed E-state index contributed by atoms with van der Waals surface area (Å²) in [6.45, 7) is 0. The van der Waals surface area contributed by atoms with Crippen LogP contribution in [0.15, 0.2) is 133 Å². The van der Waals surface area contributed by atoms with Crippen LogP contribution < -0.4 is 0 Å². The Kier molecular flexibility index (Phi) is 6.25. The zero-order valence-electron chi connectivity index (χ0n) is 20.4. The van der Waals surface area contributed by atoms with E-state index in [1.165, 1.54) is 0 Å². The zero-order chi connectivity index (χ0) is 26.1. The maximum Gasteiger partial charge on any atom is 0.336 e. The smallest absolute Gasteiger partial charge is 0.336 e. The van der Waals surface area contributed by atoms with Gasteiger partial charge in [0.05, 0.1) is 5.56 Å². The normalized spacial score (nSPS) is 11.0. The van der Waals surface area contributed by atoms with Crippen LogP contribution in [0.3, 0.4) is 0 Å². The molecule has 0 bridgehead atoms. The second-order valence-electron chi connectivity index (χ2n) is 9.15. The molecule has 0 saturated heterocycles. The molecule has 6 rings (SSSR count). The van der Waals surface area contributed by atoms with Gasteiger partial charge in [-0.05, 0) is 62.0 Å². The lowest BCUT2D eigenvalue weighted by atomic mass is 9.78. The van der Waals surface area contributed by atoms with Gasteiger partial charge in [0.1, 0.15) is 0 Å². The lowest BCUT2D eigenvalue weighted by Crippen LogP contribution is -2.03. The molecular weight excluding hydrogens is 488 g/mol. The fraction of sp³-hybridized carbons (Fsp3) is 0. The molecule has 0 unspecified atom stereocenters. The molecule has 0 aliphatic rings. The molecule has 0 fully saturated rings. The summed E-state index contributed by atoms with van der Waals surface area (Å²) in [5, 5.41) is 12.3. The highest BCUT2D eigenvalue weighted by atomic mass is 35.5. The molecule has 6 aromatic rings. The molecule has 0 spiro atoms. The van der Waals surface area contributed by atoms with Crippen molar-refractivity contribution >= 4 is 28.3 Å². The Bertz CT molecular complexity index is 1760. The summed E-state index contributed by atoms with van der Waals surface area (Å²) in [6.07, 6.45) is 0. The van der Waals surface area contributed by atoms with Crippen molar-refractivity contribution in [3.05, 3.63) is 144 Å². The lowest BCUT2D eigenvalue weighted by Gasteiger charge is -2.25. The molecule has 0 radical (unpaired) electrons. The topological polar surface area (TPSA) is 37.3 Å². The van der Waals surface area contributed by atoms with Crippen molar-refractivity contribution in [1.82, 2.24) is 0 Å². The van der Waals surface area contributed by atoms with Gasteiger partial charge >= 0.3 is 5.97 Å². The predicted octanol–water partition coefficient (Wildman–Crippen LogP) is 9.86. The van der Waals surface area contributed by atoms with E-state index in [1.807, 2.05) is 91.0 Å². The van der Waals surface area contributed by atoms with Gasteiger partial charge in [-0.3, -0.25) is 0 Å². The molecule has 0 atom stereocenters. The Balaban J connectivity index is 1.97. The maximum atomic E-state index is 12.7. The summed E-state index contributed by atoms with van der Waals surface area (Å²) in [7, 11) is 0. The largest absolute Gasteiger partial charge is 0.478 e. The fourth-order valence-electron chi connectivity index (χ4n) is 5.34. The number of halogens is 1. The first-order chi connectivity index (χ1) is 18.6. The minimum absolute atomic E-state index is 0.181. The molecule has 3 heteroatoms. The van der Waals surface area contributed by atoms with Crippen LogP contribution in [0.25, 0.3) is 55.3 Å². The first-order valence-electron chi connectivity index (χ1n) is 12.4. The SMILES string of the molecule is O=C(O)c1cc(Cl)cc2c(-c3ccccc3)c(-c3ccccc3)c(-c3ccccc3)c(-c3ccccc3)c12. The van der Waals surface area contributed by atoms with Gasteiger partial charge in [0.15, 0.2) is 0 Å². The van der Waals surface area contributed by atoms with E-state index in [2.05, 4.69) is 36.4 Å². The number of hydrogen-bond acceptors (Lipinski definition) is 1. The van der Waals surface area contributed by atoms with Crippen molar-refractivity contribution < 1.29 is 9.90 Å². The van der Waals surface area contributed by atoms with Gasteiger partial charge in [-0.15, -0.1) is 0 Å². The summed E-state index contributed by atoms with van der Waals surface area (Å²) in [6, 6.07) is 44.1. The van der Waals surface area contributed by atoms with Gasteiger partial charge in [0.2, 0.25) is 0 Å². The van der Waals surface area contributed by atoms with Crippen LogP contribution in [0.2, 0.25) is 5.02 Å². The molecular formula is C35H23ClO2. The summed E-state index contributed by atoms with van der Waals surface area (Å²) < 4.78 is 0. The lowest BCUT2D eigenvalue weighted by molar-refractivity contribution is 0.0699. The number of fused-ring (bicyclic) bond motifs is 1. The van der Waals surface area contributed by atoms with E-state index < -0.39 is 5.97 Å². The average molecular weight is 511 g/mol. The van der Waals surface area contributed by atoms with E-state index in [0.717, 1.165) is 49.9 Å². The highest BCUT2D eigenvalue weighted by molar-refractivity contribution is 6.33. The van der Waals surface area contributed by atoms with Crippen molar-refractivity contribution in [1.29, 1.82) is 0 Å².